The number of hydrogen-bond acceptors (Lipinski definition) is 5. The molecule has 2 saturated carbocycles. The van der Waals surface area contributed by atoms with Crippen LogP contribution < -0.4 is 4.90 Å². The van der Waals surface area contributed by atoms with E-state index in [4.69, 9.17) is 4.74 Å². The molecule has 4 nitrogen and oxygen atoms in total. The van der Waals surface area contributed by atoms with Crippen molar-refractivity contribution in [2.24, 2.45) is 5.92 Å². The van der Waals surface area contributed by atoms with Crippen LogP contribution >= 0.6 is 11.3 Å². The molecule has 0 amide bonds. The molecule has 0 unspecified atom stereocenters. The molecule has 0 radical (unpaired) electrons. The number of aromatic nitrogens is 1. The summed E-state index contributed by atoms with van der Waals surface area (Å²) in [4.78, 5) is 19.2. The second-order valence-electron chi connectivity index (χ2n) is 5.23. The van der Waals surface area contributed by atoms with Crippen molar-refractivity contribution >= 4 is 22.4 Å². The van der Waals surface area contributed by atoms with Crippen LogP contribution in [0.5, 0.6) is 0 Å². The summed E-state index contributed by atoms with van der Waals surface area (Å²) >= 11 is 1.48. The SMILES string of the molecule is COC(=O)c1sc(N(CC2CC2)C2CC2)nc1C. The maximum absolute atomic E-state index is 11.6. The van der Waals surface area contributed by atoms with E-state index in [1.165, 1.54) is 44.1 Å². The second kappa shape index (κ2) is 4.53. The molecule has 0 N–H and O–H groups in total. The van der Waals surface area contributed by atoms with Crippen molar-refractivity contribution in [1.82, 2.24) is 4.98 Å². The van der Waals surface area contributed by atoms with Crippen molar-refractivity contribution in [2.45, 2.75) is 38.6 Å². The largest absolute Gasteiger partial charge is 0.465 e. The Morgan fingerprint density at radius 1 is 1.44 bits per heavy atom. The maximum atomic E-state index is 11.6. The number of anilines is 1. The van der Waals surface area contributed by atoms with E-state index in [2.05, 4.69) is 9.88 Å². The molecule has 2 fully saturated rings. The van der Waals surface area contributed by atoms with Gasteiger partial charge in [-0.25, -0.2) is 9.78 Å². The molecular weight excluding hydrogens is 248 g/mol. The summed E-state index contributed by atoms with van der Waals surface area (Å²) in [5, 5.41) is 1.00. The number of carbonyl (C=O) groups is 1. The Morgan fingerprint density at radius 3 is 2.72 bits per heavy atom. The van der Waals surface area contributed by atoms with E-state index in [1.54, 1.807) is 0 Å². The van der Waals surface area contributed by atoms with Crippen molar-refractivity contribution in [3.05, 3.63) is 10.6 Å². The minimum absolute atomic E-state index is 0.265. The fraction of sp³-hybridized carbons (Fsp3) is 0.692. The first-order valence-corrected chi connectivity index (χ1v) is 7.33. The van der Waals surface area contributed by atoms with Gasteiger partial charge < -0.3 is 9.64 Å². The monoisotopic (exact) mass is 266 g/mol. The van der Waals surface area contributed by atoms with Gasteiger partial charge in [-0.05, 0) is 38.5 Å². The van der Waals surface area contributed by atoms with Gasteiger partial charge in [0, 0.05) is 12.6 Å². The molecular formula is C13H18N2O2S. The van der Waals surface area contributed by atoms with Crippen LogP contribution in [-0.4, -0.2) is 30.6 Å². The molecule has 1 aromatic heterocycles. The Morgan fingerprint density at radius 2 is 2.17 bits per heavy atom. The minimum atomic E-state index is -0.265. The Kier molecular flexibility index (Phi) is 3.01. The van der Waals surface area contributed by atoms with Crippen LogP contribution in [0, 0.1) is 12.8 Å². The lowest BCUT2D eigenvalue weighted by atomic mass is 10.4. The Balaban J connectivity index is 1.82. The maximum Gasteiger partial charge on any atom is 0.350 e. The highest BCUT2D eigenvalue weighted by Gasteiger charge is 2.35. The highest BCUT2D eigenvalue weighted by atomic mass is 32.1. The third kappa shape index (κ3) is 2.36. The second-order valence-corrected chi connectivity index (χ2v) is 6.21. The predicted octanol–water partition coefficient (Wildman–Crippen LogP) is 2.62. The van der Waals surface area contributed by atoms with Crippen LogP contribution in [0.2, 0.25) is 0 Å². The molecule has 3 rings (SSSR count). The van der Waals surface area contributed by atoms with Gasteiger partial charge in [0.15, 0.2) is 5.13 Å². The third-order valence-corrected chi connectivity index (χ3v) is 4.72. The predicted molar refractivity (Wildman–Crippen MR) is 71.3 cm³/mol. The average Bonchev–Trinajstić information content (AvgIpc) is 3.24. The molecule has 1 heterocycles. The van der Waals surface area contributed by atoms with E-state index >= 15 is 0 Å². The molecule has 1 aromatic rings. The third-order valence-electron chi connectivity index (χ3n) is 3.54. The standard InChI is InChI=1S/C13H18N2O2S/c1-8-11(12(16)17-2)18-13(14-8)15(10-5-6-10)7-9-3-4-9/h9-10H,3-7H2,1-2H3. The number of ether oxygens (including phenoxy) is 1. The van der Waals surface area contributed by atoms with E-state index in [0.717, 1.165) is 23.3 Å². The van der Waals surface area contributed by atoms with Gasteiger partial charge in [-0.2, -0.15) is 0 Å². The summed E-state index contributed by atoms with van der Waals surface area (Å²) in [6.45, 7) is 2.99. The minimum Gasteiger partial charge on any atom is -0.465 e. The normalized spacial score (nSPS) is 18.8. The van der Waals surface area contributed by atoms with Crippen molar-refractivity contribution < 1.29 is 9.53 Å². The fourth-order valence-corrected chi connectivity index (χ4v) is 3.20. The van der Waals surface area contributed by atoms with E-state index in [9.17, 15) is 4.79 Å². The van der Waals surface area contributed by atoms with Gasteiger partial charge in [0.25, 0.3) is 0 Å². The zero-order valence-corrected chi connectivity index (χ0v) is 11.6. The first-order chi connectivity index (χ1) is 8.69. The Labute approximate surface area is 111 Å². The number of carbonyl (C=O) groups excluding carboxylic acids is 1. The van der Waals surface area contributed by atoms with E-state index in [0.29, 0.717) is 10.9 Å². The Bertz CT molecular complexity index is 464. The molecule has 98 valence electrons. The molecule has 0 aliphatic heterocycles. The average molecular weight is 266 g/mol. The van der Waals surface area contributed by atoms with Gasteiger partial charge in [-0.1, -0.05) is 11.3 Å². The lowest BCUT2D eigenvalue weighted by molar-refractivity contribution is 0.0605. The number of hydrogen-bond donors (Lipinski definition) is 0. The number of esters is 1. The van der Waals surface area contributed by atoms with Gasteiger partial charge in [0.1, 0.15) is 4.88 Å². The van der Waals surface area contributed by atoms with Crippen LogP contribution in [0.25, 0.3) is 0 Å². The van der Waals surface area contributed by atoms with Gasteiger partial charge in [0.05, 0.1) is 12.8 Å². The number of thiazole rings is 1. The molecule has 18 heavy (non-hydrogen) atoms. The number of rotatable bonds is 5. The summed E-state index contributed by atoms with van der Waals surface area (Å²) in [5.74, 6) is 0.579. The van der Waals surface area contributed by atoms with E-state index in [-0.39, 0.29) is 5.97 Å². The highest BCUT2D eigenvalue weighted by molar-refractivity contribution is 7.17. The lowest BCUT2D eigenvalue weighted by Gasteiger charge is -2.20. The smallest absolute Gasteiger partial charge is 0.350 e. The van der Waals surface area contributed by atoms with Crippen molar-refractivity contribution in [3.63, 3.8) is 0 Å². The summed E-state index contributed by atoms with van der Waals surface area (Å²) in [7, 11) is 1.42. The summed E-state index contributed by atoms with van der Waals surface area (Å²) < 4.78 is 4.79. The number of nitrogens with zero attached hydrogens (tertiary/aromatic N) is 2. The summed E-state index contributed by atoms with van der Waals surface area (Å²) in [6, 6.07) is 0.654. The first kappa shape index (κ1) is 12.0. The lowest BCUT2D eigenvalue weighted by Crippen LogP contribution is -2.27. The molecule has 0 atom stereocenters. The number of aryl methyl sites for hydroxylation is 1. The van der Waals surface area contributed by atoms with Crippen molar-refractivity contribution in [1.29, 1.82) is 0 Å². The van der Waals surface area contributed by atoms with Crippen molar-refractivity contribution in [2.75, 3.05) is 18.6 Å². The van der Waals surface area contributed by atoms with Crippen LogP contribution in [0.1, 0.15) is 41.0 Å². The molecule has 2 aliphatic rings. The molecule has 0 bridgehead atoms. The van der Waals surface area contributed by atoms with E-state index < -0.39 is 0 Å². The zero-order chi connectivity index (χ0) is 12.7. The Hall–Kier alpha value is -1.10. The van der Waals surface area contributed by atoms with Crippen LogP contribution in [0.3, 0.4) is 0 Å². The first-order valence-electron chi connectivity index (χ1n) is 6.51. The van der Waals surface area contributed by atoms with Crippen LogP contribution in [0.4, 0.5) is 5.13 Å². The van der Waals surface area contributed by atoms with Gasteiger partial charge >= 0.3 is 5.97 Å². The molecule has 0 saturated heterocycles. The summed E-state index contributed by atoms with van der Waals surface area (Å²) in [6.07, 6.45) is 5.21. The molecule has 2 aliphatic carbocycles. The summed E-state index contributed by atoms with van der Waals surface area (Å²) in [5.41, 5.74) is 0.795. The van der Waals surface area contributed by atoms with Gasteiger partial charge in [-0.3, -0.25) is 0 Å². The molecule has 0 spiro atoms. The number of methoxy groups -OCH3 is 1. The topological polar surface area (TPSA) is 42.4 Å². The highest BCUT2D eigenvalue weighted by Crippen LogP contribution is 2.39. The zero-order valence-electron chi connectivity index (χ0n) is 10.8. The van der Waals surface area contributed by atoms with E-state index in [1.807, 2.05) is 6.92 Å². The fourth-order valence-electron chi connectivity index (χ4n) is 2.14. The molecule has 0 aromatic carbocycles. The quantitative estimate of drug-likeness (QED) is 0.768. The van der Waals surface area contributed by atoms with Gasteiger partial charge in [0.2, 0.25) is 0 Å². The van der Waals surface area contributed by atoms with Crippen LogP contribution in [-0.2, 0) is 4.74 Å². The van der Waals surface area contributed by atoms with Gasteiger partial charge in [-0.15, -0.1) is 0 Å². The van der Waals surface area contributed by atoms with Crippen molar-refractivity contribution in [3.8, 4) is 0 Å². The van der Waals surface area contributed by atoms with Crippen LogP contribution in [0.15, 0.2) is 0 Å². The molecule has 5 heteroatoms.